The summed E-state index contributed by atoms with van der Waals surface area (Å²) >= 11 is 0. The third-order valence-electron chi connectivity index (χ3n) is 4.71. The average molecular weight is 355 g/mol. The number of fused-ring (bicyclic) bond motifs is 1. The van der Waals surface area contributed by atoms with Crippen LogP contribution in [0.3, 0.4) is 0 Å². The number of nitrogens with zero attached hydrogens (tertiary/aromatic N) is 2. The Morgan fingerprint density at radius 1 is 1.19 bits per heavy atom. The van der Waals surface area contributed by atoms with Crippen molar-refractivity contribution in [2.45, 2.75) is 20.4 Å². The molecule has 2 heterocycles. The van der Waals surface area contributed by atoms with Crippen molar-refractivity contribution in [2.75, 3.05) is 5.32 Å². The summed E-state index contributed by atoms with van der Waals surface area (Å²) in [6, 6.07) is 13.3. The molecular formula is C22H17N3O2. The summed E-state index contributed by atoms with van der Waals surface area (Å²) in [6.07, 6.45) is 3.29. The number of aliphatic imine (C=N–C) groups is 1. The van der Waals surface area contributed by atoms with Crippen molar-refractivity contribution in [2.24, 2.45) is 4.99 Å². The molecule has 0 spiro atoms. The van der Waals surface area contributed by atoms with Crippen molar-refractivity contribution >= 4 is 17.3 Å². The summed E-state index contributed by atoms with van der Waals surface area (Å²) < 4.78 is 5.17. The Morgan fingerprint density at radius 3 is 2.63 bits per heavy atom. The second-order valence-electron chi connectivity index (χ2n) is 6.60. The fraction of sp³-hybridized carbons (Fsp3) is 0.136. The third kappa shape index (κ3) is 3.02. The summed E-state index contributed by atoms with van der Waals surface area (Å²) in [5, 5.41) is 12.0. The summed E-state index contributed by atoms with van der Waals surface area (Å²) in [7, 11) is 0. The number of carbonyl (C=O) groups is 1. The molecule has 0 bridgehead atoms. The van der Waals surface area contributed by atoms with Crippen LogP contribution in [-0.2, 0) is 6.54 Å². The normalized spacial score (nSPS) is 12.3. The molecule has 1 aliphatic heterocycles. The van der Waals surface area contributed by atoms with E-state index in [2.05, 4.69) is 16.4 Å². The Labute approximate surface area is 157 Å². The van der Waals surface area contributed by atoms with Crippen molar-refractivity contribution < 1.29 is 9.21 Å². The van der Waals surface area contributed by atoms with Gasteiger partial charge in [0.15, 0.2) is 0 Å². The number of benzene rings is 2. The first-order valence-electron chi connectivity index (χ1n) is 8.60. The number of furan rings is 1. The number of nitrogens with one attached hydrogen (secondary N) is 1. The lowest BCUT2D eigenvalue weighted by Gasteiger charge is -2.12. The van der Waals surface area contributed by atoms with Gasteiger partial charge in [-0.3, -0.25) is 9.79 Å². The molecule has 3 aromatic rings. The molecule has 1 aliphatic rings. The molecule has 0 unspecified atom stereocenters. The number of carbonyl (C=O) groups excluding carboxylic acids is 1. The Morgan fingerprint density at radius 2 is 1.96 bits per heavy atom. The van der Waals surface area contributed by atoms with Crippen molar-refractivity contribution in [3.63, 3.8) is 0 Å². The Bertz CT molecular complexity index is 1100. The first-order chi connectivity index (χ1) is 13.1. The number of hydrogen-bond acceptors (Lipinski definition) is 4. The molecule has 0 atom stereocenters. The molecule has 4 rings (SSSR count). The van der Waals surface area contributed by atoms with Gasteiger partial charge in [0, 0.05) is 22.4 Å². The van der Waals surface area contributed by atoms with E-state index in [1.807, 2.05) is 38.1 Å². The molecule has 5 nitrogen and oxygen atoms in total. The van der Waals surface area contributed by atoms with Gasteiger partial charge in [-0.15, -0.1) is 0 Å². The number of anilines is 1. The van der Waals surface area contributed by atoms with Crippen LogP contribution in [0.4, 0.5) is 5.69 Å². The molecule has 0 fully saturated rings. The largest absolute Gasteiger partial charge is 0.472 e. The Hall–Kier alpha value is -3.65. The average Bonchev–Trinajstić information content (AvgIpc) is 3.29. The number of nitriles is 1. The monoisotopic (exact) mass is 355 g/mol. The maximum atomic E-state index is 12.8. The van der Waals surface area contributed by atoms with Gasteiger partial charge in [-0.1, -0.05) is 6.07 Å². The van der Waals surface area contributed by atoms with E-state index in [0.717, 1.165) is 33.5 Å². The van der Waals surface area contributed by atoms with Crippen LogP contribution in [-0.4, -0.2) is 11.6 Å². The van der Waals surface area contributed by atoms with Crippen LogP contribution in [0.2, 0.25) is 0 Å². The molecular weight excluding hydrogens is 338 g/mol. The van der Waals surface area contributed by atoms with E-state index in [9.17, 15) is 4.79 Å². The molecule has 1 aromatic heterocycles. The van der Waals surface area contributed by atoms with Crippen LogP contribution in [0.1, 0.15) is 43.7 Å². The SMILES string of the molecule is Cc1cc(C#N)cc(C)c1C(=O)Nc1ccc2c(c1)C(c1ccoc1)=NC2. The van der Waals surface area contributed by atoms with Crippen molar-refractivity contribution in [1.29, 1.82) is 5.26 Å². The van der Waals surface area contributed by atoms with E-state index in [1.165, 1.54) is 0 Å². The predicted molar refractivity (Wildman–Crippen MR) is 103 cm³/mol. The van der Waals surface area contributed by atoms with E-state index < -0.39 is 0 Å². The zero-order valence-corrected chi connectivity index (χ0v) is 15.0. The second-order valence-corrected chi connectivity index (χ2v) is 6.60. The smallest absolute Gasteiger partial charge is 0.256 e. The van der Waals surface area contributed by atoms with E-state index in [4.69, 9.17) is 9.68 Å². The van der Waals surface area contributed by atoms with E-state index >= 15 is 0 Å². The summed E-state index contributed by atoms with van der Waals surface area (Å²) in [5.74, 6) is -0.186. The highest BCUT2D eigenvalue weighted by Gasteiger charge is 2.20. The standard InChI is InChI=1S/C22H17N3O2/c1-13-7-15(10-23)8-14(2)20(13)22(26)25-18-4-3-16-11-24-21(19(16)9-18)17-5-6-27-12-17/h3-9,12H,11H2,1-2H3,(H,25,26). The molecule has 27 heavy (non-hydrogen) atoms. The fourth-order valence-electron chi connectivity index (χ4n) is 3.49. The van der Waals surface area contributed by atoms with Gasteiger partial charge in [-0.25, -0.2) is 0 Å². The summed E-state index contributed by atoms with van der Waals surface area (Å²) in [4.78, 5) is 17.4. The lowest BCUT2D eigenvalue weighted by atomic mass is 9.98. The lowest BCUT2D eigenvalue weighted by Crippen LogP contribution is -2.15. The third-order valence-corrected chi connectivity index (χ3v) is 4.71. The first kappa shape index (κ1) is 16.8. The van der Waals surface area contributed by atoms with Crippen LogP contribution in [0.5, 0.6) is 0 Å². The Kier molecular flexibility index (Phi) is 4.09. The van der Waals surface area contributed by atoms with Gasteiger partial charge >= 0.3 is 0 Å². The molecule has 1 amide bonds. The number of rotatable bonds is 3. The number of amides is 1. The molecule has 0 radical (unpaired) electrons. The first-order valence-corrected chi connectivity index (χ1v) is 8.60. The fourth-order valence-corrected chi connectivity index (χ4v) is 3.49. The molecule has 1 N–H and O–H groups in total. The van der Waals surface area contributed by atoms with Gasteiger partial charge < -0.3 is 9.73 Å². The van der Waals surface area contributed by atoms with Crippen LogP contribution in [0.25, 0.3) is 0 Å². The van der Waals surface area contributed by atoms with Crippen LogP contribution < -0.4 is 5.32 Å². The Balaban J connectivity index is 1.64. The minimum Gasteiger partial charge on any atom is -0.472 e. The van der Waals surface area contributed by atoms with E-state index in [0.29, 0.717) is 23.4 Å². The molecule has 2 aromatic carbocycles. The number of aryl methyl sites for hydroxylation is 2. The van der Waals surface area contributed by atoms with Gasteiger partial charge in [-0.2, -0.15) is 5.26 Å². The van der Waals surface area contributed by atoms with Crippen molar-refractivity contribution in [3.05, 3.63) is 87.9 Å². The summed E-state index contributed by atoms with van der Waals surface area (Å²) in [5.41, 5.74) is 7.35. The number of hydrogen-bond donors (Lipinski definition) is 1. The maximum absolute atomic E-state index is 12.8. The van der Waals surface area contributed by atoms with Gasteiger partial charge in [0.05, 0.1) is 36.4 Å². The van der Waals surface area contributed by atoms with E-state index in [-0.39, 0.29) is 5.91 Å². The van der Waals surface area contributed by atoms with E-state index in [1.54, 1.807) is 24.7 Å². The molecule has 5 heteroatoms. The second kappa shape index (κ2) is 6.58. The highest BCUT2D eigenvalue weighted by atomic mass is 16.3. The molecule has 0 aliphatic carbocycles. The van der Waals surface area contributed by atoms with Crippen LogP contribution in [0.15, 0.2) is 58.3 Å². The predicted octanol–water partition coefficient (Wildman–Crippen LogP) is 4.37. The lowest BCUT2D eigenvalue weighted by molar-refractivity contribution is 0.102. The van der Waals surface area contributed by atoms with Gasteiger partial charge in [0.1, 0.15) is 0 Å². The minimum absolute atomic E-state index is 0.186. The molecule has 0 saturated heterocycles. The van der Waals surface area contributed by atoms with Crippen LogP contribution >= 0.6 is 0 Å². The van der Waals surface area contributed by atoms with Crippen LogP contribution in [0, 0.1) is 25.2 Å². The summed E-state index contributed by atoms with van der Waals surface area (Å²) in [6.45, 7) is 4.31. The maximum Gasteiger partial charge on any atom is 0.256 e. The molecule has 132 valence electrons. The van der Waals surface area contributed by atoms with Gasteiger partial charge in [0.2, 0.25) is 0 Å². The zero-order valence-electron chi connectivity index (χ0n) is 15.0. The highest BCUT2D eigenvalue weighted by Crippen LogP contribution is 2.27. The van der Waals surface area contributed by atoms with Crippen molar-refractivity contribution in [3.8, 4) is 6.07 Å². The topological polar surface area (TPSA) is 78.4 Å². The van der Waals surface area contributed by atoms with Gasteiger partial charge in [0.25, 0.3) is 5.91 Å². The highest BCUT2D eigenvalue weighted by molar-refractivity contribution is 6.16. The quantitative estimate of drug-likeness (QED) is 0.757. The zero-order chi connectivity index (χ0) is 19.0. The van der Waals surface area contributed by atoms with Gasteiger partial charge in [-0.05, 0) is 60.9 Å². The van der Waals surface area contributed by atoms with Crippen molar-refractivity contribution in [1.82, 2.24) is 0 Å². The molecule has 0 saturated carbocycles. The minimum atomic E-state index is -0.186.